The van der Waals surface area contributed by atoms with Gasteiger partial charge in [-0.05, 0) is 29.8 Å². The molecule has 0 unspecified atom stereocenters. The second-order valence-electron chi connectivity index (χ2n) is 9.14. The topological polar surface area (TPSA) is 79.2 Å². The Labute approximate surface area is 219 Å². The van der Waals surface area contributed by atoms with E-state index in [1.54, 1.807) is 29.3 Å². The first kappa shape index (κ1) is 23.6. The Morgan fingerprint density at radius 2 is 1.53 bits per heavy atom. The minimum Gasteiger partial charge on any atom is -0.352 e. The molecular formula is C29H26FN7O. The minimum absolute atomic E-state index is 0.177. The quantitative estimate of drug-likeness (QED) is 0.366. The van der Waals surface area contributed by atoms with Crippen molar-refractivity contribution in [1.29, 1.82) is 0 Å². The van der Waals surface area contributed by atoms with Crippen molar-refractivity contribution in [2.75, 3.05) is 36.4 Å². The van der Waals surface area contributed by atoms with E-state index in [4.69, 9.17) is 9.97 Å². The van der Waals surface area contributed by atoms with Crippen molar-refractivity contribution in [2.45, 2.75) is 6.42 Å². The summed E-state index contributed by atoms with van der Waals surface area (Å²) in [6.45, 7) is 2.12. The fraction of sp³-hybridized carbons (Fsp3) is 0.172. The SMILES string of the molecule is O=C(Nc1ccccc1F)N1CCN(c2nc(Cc3ccccc3)nc3c2cnn3-c2ccccc2)CC1. The molecule has 2 aromatic heterocycles. The van der Waals surface area contributed by atoms with E-state index in [-0.39, 0.29) is 11.7 Å². The van der Waals surface area contributed by atoms with E-state index < -0.39 is 5.82 Å². The molecule has 3 aromatic carbocycles. The van der Waals surface area contributed by atoms with Gasteiger partial charge < -0.3 is 15.1 Å². The molecule has 0 saturated carbocycles. The summed E-state index contributed by atoms with van der Waals surface area (Å²) in [5.74, 6) is 1.05. The van der Waals surface area contributed by atoms with E-state index in [2.05, 4.69) is 27.4 Å². The number of hydrogen-bond donors (Lipinski definition) is 1. The zero-order chi connectivity index (χ0) is 25.9. The zero-order valence-corrected chi connectivity index (χ0v) is 20.7. The highest BCUT2D eigenvalue weighted by atomic mass is 19.1. The number of amides is 2. The van der Waals surface area contributed by atoms with Crippen LogP contribution in [0.25, 0.3) is 16.7 Å². The van der Waals surface area contributed by atoms with Crippen molar-refractivity contribution >= 4 is 28.6 Å². The van der Waals surface area contributed by atoms with Crippen LogP contribution < -0.4 is 10.2 Å². The Hall–Kier alpha value is -4.79. The Bertz CT molecular complexity index is 1560. The average Bonchev–Trinajstić information content (AvgIpc) is 3.39. The first-order chi connectivity index (χ1) is 18.7. The van der Waals surface area contributed by atoms with E-state index in [1.165, 1.54) is 6.07 Å². The number of carbonyl (C=O) groups excluding carboxylic acids is 1. The lowest BCUT2D eigenvalue weighted by Crippen LogP contribution is -2.50. The van der Waals surface area contributed by atoms with Gasteiger partial charge in [0.2, 0.25) is 0 Å². The molecule has 38 heavy (non-hydrogen) atoms. The van der Waals surface area contributed by atoms with Gasteiger partial charge in [-0.25, -0.2) is 23.8 Å². The van der Waals surface area contributed by atoms with Crippen LogP contribution in [0.3, 0.4) is 0 Å². The minimum atomic E-state index is -0.454. The van der Waals surface area contributed by atoms with Gasteiger partial charge in [0.05, 0.1) is 23.0 Å². The molecule has 5 aromatic rings. The Kier molecular flexibility index (Phi) is 6.39. The number of benzene rings is 3. The summed E-state index contributed by atoms with van der Waals surface area (Å²) >= 11 is 0. The van der Waals surface area contributed by atoms with Gasteiger partial charge in [0, 0.05) is 32.6 Å². The number of rotatable bonds is 5. The van der Waals surface area contributed by atoms with Crippen LogP contribution in [0.5, 0.6) is 0 Å². The van der Waals surface area contributed by atoms with Crippen molar-refractivity contribution in [2.24, 2.45) is 0 Å². The maximum atomic E-state index is 14.0. The number of piperazine rings is 1. The molecule has 0 spiro atoms. The van der Waals surface area contributed by atoms with Crippen molar-refractivity contribution < 1.29 is 9.18 Å². The fourth-order valence-electron chi connectivity index (χ4n) is 4.67. The second-order valence-corrected chi connectivity index (χ2v) is 9.14. The second kappa shape index (κ2) is 10.3. The Morgan fingerprint density at radius 3 is 2.26 bits per heavy atom. The van der Waals surface area contributed by atoms with Crippen LogP contribution in [0.4, 0.5) is 20.7 Å². The molecule has 1 aliphatic rings. The van der Waals surface area contributed by atoms with Gasteiger partial charge in [-0.1, -0.05) is 60.7 Å². The van der Waals surface area contributed by atoms with Crippen LogP contribution in [0.15, 0.2) is 91.1 Å². The number of carbonyl (C=O) groups is 1. The number of aromatic nitrogens is 4. The summed E-state index contributed by atoms with van der Waals surface area (Å²) in [6, 6.07) is 25.9. The maximum Gasteiger partial charge on any atom is 0.322 e. The van der Waals surface area contributed by atoms with E-state index in [0.717, 1.165) is 28.1 Å². The van der Waals surface area contributed by atoms with Crippen molar-refractivity contribution in [3.05, 3.63) is 108 Å². The van der Waals surface area contributed by atoms with Crippen molar-refractivity contribution in [1.82, 2.24) is 24.6 Å². The van der Waals surface area contributed by atoms with Gasteiger partial charge >= 0.3 is 6.03 Å². The number of nitrogens with one attached hydrogen (secondary N) is 1. The van der Waals surface area contributed by atoms with Crippen LogP contribution in [0.2, 0.25) is 0 Å². The van der Waals surface area contributed by atoms with Crippen LogP contribution in [0.1, 0.15) is 11.4 Å². The molecule has 0 aliphatic carbocycles. The Balaban J connectivity index is 1.28. The summed E-state index contributed by atoms with van der Waals surface area (Å²) < 4.78 is 15.8. The zero-order valence-electron chi connectivity index (χ0n) is 20.7. The van der Waals surface area contributed by atoms with Gasteiger partial charge in [-0.3, -0.25) is 0 Å². The summed E-state index contributed by atoms with van der Waals surface area (Å²) in [5.41, 5.74) is 2.97. The molecule has 0 bridgehead atoms. The van der Waals surface area contributed by atoms with Gasteiger partial charge in [0.25, 0.3) is 0 Å². The van der Waals surface area contributed by atoms with Crippen LogP contribution in [0, 0.1) is 5.82 Å². The Morgan fingerprint density at radius 1 is 0.842 bits per heavy atom. The van der Waals surface area contributed by atoms with Gasteiger partial charge in [0.1, 0.15) is 17.5 Å². The number of hydrogen-bond acceptors (Lipinski definition) is 5. The number of nitrogens with zero attached hydrogens (tertiary/aromatic N) is 6. The standard InChI is InChI=1S/C29H26FN7O/c30-24-13-7-8-14-25(24)32-29(38)36-17-15-35(16-18-36)27-23-20-31-37(22-11-5-2-6-12-22)28(23)34-26(33-27)19-21-9-3-1-4-10-21/h1-14,20H,15-19H2,(H,32,38). The van der Waals surface area contributed by atoms with Gasteiger partial charge in [-0.2, -0.15) is 5.10 Å². The van der Waals surface area contributed by atoms with E-state index in [1.807, 2.05) is 53.2 Å². The molecule has 0 atom stereocenters. The fourth-order valence-corrected chi connectivity index (χ4v) is 4.67. The average molecular weight is 508 g/mol. The van der Waals surface area contributed by atoms with E-state index >= 15 is 0 Å². The van der Waals surface area contributed by atoms with Gasteiger partial charge in [-0.15, -0.1) is 0 Å². The lowest BCUT2D eigenvalue weighted by Gasteiger charge is -2.35. The van der Waals surface area contributed by atoms with Crippen LogP contribution in [-0.4, -0.2) is 56.9 Å². The first-order valence-electron chi connectivity index (χ1n) is 12.5. The van der Waals surface area contributed by atoms with Gasteiger partial charge in [0.15, 0.2) is 5.65 Å². The predicted octanol–water partition coefficient (Wildman–Crippen LogP) is 4.90. The number of halogens is 1. The lowest BCUT2D eigenvalue weighted by atomic mass is 10.1. The molecule has 1 saturated heterocycles. The first-order valence-corrected chi connectivity index (χ1v) is 12.5. The highest BCUT2D eigenvalue weighted by molar-refractivity contribution is 5.90. The molecule has 3 heterocycles. The predicted molar refractivity (Wildman–Crippen MR) is 145 cm³/mol. The summed E-state index contributed by atoms with van der Waals surface area (Å²) in [4.78, 5) is 26.5. The van der Waals surface area contributed by atoms with E-state index in [9.17, 15) is 9.18 Å². The monoisotopic (exact) mass is 507 g/mol. The molecule has 1 aliphatic heterocycles. The summed E-state index contributed by atoms with van der Waals surface area (Å²) in [6.07, 6.45) is 2.40. The molecule has 0 radical (unpaired) electrons. The third-order valence-corrected chi connectivity index (χ3v) is 6.64. The smallest absolute Gasteiger partial charge is 0.322 e. The molecule has 9 heteroatoms. The highest BCUT2D eigenvalue weighted by Gasteiger charge is 2.25. The largest absolute Gasteiger partial charge is 0.352 e. The lowest BCUT2D eigenvalue weighted by molar-refractivity contribution is 0.208. The number of anilines is 2. The molecule has 2 amide bonds. The third-order valence-electron chi connectivity index (χ3n) is 6.64. The molecule has 8 nitrogen and oxygen atoms in total. The summed E-state index contributed by atoms with van der Waals surface area (Å²) in [7, 11) is 0. The number of urea groups is 1. The van der Waals surface area contributed by atoms with E-state index in [0.29, 0.717) is 38.4 Å². The van der Waals surface area contributed by atoms with Crippen LogP contribution in [-0.2, 0) is 6.42 Å². The molecular weight excluding hydrogens is 481 g/mol. The number of fused-ring (bicyclic) bond motifs is 1. The van der Waals surface area contributed by atoms with Crippen molar-refractivity contribution in [3.8, 4) is 5.69 Å². The third kappa shape index (κ3) is 4.78. The maximum absolute atomic E-state index is 14.0. The molecule has 1 fully saturated rings. The number of para-hydroxylation sites is 2. The van der Waals surface area contributed by atoms with Crippen LogP contribution >= 0.6 is 0 Å². The molecule has 1 N–H and O–H groups in total. The highest BCUT2D eigenvalue weighted by Crippen LogP contribution is 2.27. The normalized spacial score (nSPS) is 13.6. The molecule has 6 rings (SSSR count). The van der Waals surface area contributed by atoms with Crippen molar-refractivity contribution in [3.63, 3.8) is 0 Å². The molecule has 190 valence electrons. The summed E-state index contributed by atoms with van der Waals surface area (Å²) in [5, 5.41) is 8.18.